The number of ether oxygens (including phenoxy) is 4. The Labute approximate surface area is 197 Å². The standard InChI is InChI=1S/C26H37NO6/c1-7-9-10-11-12-14-19(27-33-23(28)13-8-2)18-17-22(31-5)24-20(29-3)15-16-21(30-4)25(24)26(18)32-6/h15-17H,7-14H2,1-6H3. The highest BCUT2D eigenvalue weighted by atomic mass is 16.7. The van der Waals surface area contributed by atoms with Gasteiger partial charge in [-0.15, -0.1) is 0 Å². The minimum absolute atomic E-state index is 0.316. The first-order chi connectivity index (χ1) is 16.1. The van der Waals surface area contributed by atoms with E-state index in [1.165, 1.54) is 12.8 Å². The van der Waals surface area contributed by atoms with E-state index in [1.54, 1.807) is 28.4 Å². The van der Waals surface area contributed by atoms with Gasteiger partial charge in [-0.1, -0.05) is 44.7 Å². The molecule has 7 nitrogen and oxygen atoms in total. The highest BCUT2D eigenvalue weighted by Gasteiger charge is 2.23. The predicted molar refractivity (Wildman–Crippen MR) is 131 cm³/mol. The van der Waals surface area contributed by atoms with Gasteiger partial charge in [-0.2, -0.15) is 0 Å². The van der Waals surface area contributed by atoms with Crippen LogP contribution in [0.15, 0.2) is 23.4 Å². The van der Waals surface area contributed by atoms with Gasteiger partial charge in [0.05, 0.1) is 44.9 Å². The molecule has 182 valence electrons. The van der Waals surface area contributed by atoms with Gasteiger partial charge in [-0.3, -0.25) is 0 Å². The second kappa shape index (κ2) is 13.6. The van der Waals surface area contributed by atoms with Crippen molar-refractivity contribution >= 4 is 22.5 Å². The lowest BCUT2D eigenvalue weighted by Gasteiger charge is -2.19. The van der Waals surface area contributed by atoms with E-state index in [0.29, 0.717) is 58.9 Å². The van der Waals surface area contributed by atoms with Gasteiger partial charge in [0.25, 0.3) is 0 Å². The van der Waals surface area contributed by atoms with Crippen molar-refractivity contribution in [3.8, 4) is 23.0 Å². The third kappa shape index (κ3) is 6.53. The number of rotatable bonds is 14. The molecule has 33 heavy (non-hydrogen) atoms. The van der Waals surface area contributed by atoms with Crippen LogP contribution in [0.1, 0.15) is 70.8 Å². The van der Waals surface area contributed by atoms with E-state index in [0.717, 1.165) is 24.6 Å². The van der Waals surface area contributed by atoms with Gasteiger partial charge in [-0.25, -0.2) is 4.79 Å². The van der Waals surface area contributed by atoms with E-state index in [9.17, 15) is 4.79 Å². The van der Waals surface area contributed by atoms with Crippen molar-refractivity contribution in [3.05, 3.63) is 23.8 Å². The number of oxime groups is 1. The lowest BCUT2D eigenvalue weighted by atomic mass is 9.96. The molecule has 2 rings (SSSR count). The molecule has 0 aliphatic carbocycles. The van der Waals surface area contributed by atoms with Crippen LogP contribution < -0.4 is 18.9 Å². The molecular formula is C26H37NO6. The second-order valence-corrected chi connectivity index (χ2v) is 7.80. The van der Waals surface area contributed by atoms with E-state index >= 15 is 0 Å². The van der Waals surface area contributed by atoms with Gasteiger partial charge in [0.15, 0.2) is 0 Å². The lowest BCUT2D eigenvalue weighted by Crippen LogP contribution is -2.09. The van der Waals surface area contributed by atoms with Crippen LogP contribution in [0.2, 0.25) is 0 Å². The largest absolute Gasteiger partial charge is 0.496 e. The number of benzene rings is 2. The fourth-order valence-corrected chi connectivity index (χ4v) is 3.85. The Balaban J connectivity index is 2.65. The van der Waals surface area contributed by atoms with Crippen LogP contribution in [0, 0.1) is 0 Å². The number of nitrogens with zero attached hydrogens (tertiary/aromatic N) is 1. The summed E-state index contributed by atoms with van der Waals surface area (Å²) in [6.07, 6.45) is 7.17. The fourth-order valence-electron chi connectivity index (χ4n) is 3.85. The van der Waals surface area contributed by atoms with Crippen molar-refractivity contribution in [1.29, 1.82) is 0 Å². The zero-order valence-corrected chi connectivity index (χ0v) is 20.8. The number of hydrogen-bond donors (Lipinski definition) is 0. The maximum atomic E-state index is 12.0. The summed E-state index contributed by atoms with van der Waals surface area (Å²) in [6.45, 7) is 4.12. The molecule has 0 spiro atoms. The Hall–Kier alpha value is -2.96. The quantitative estimate of drug-likeness (QED) is 0.143. The van der Waals surface area contributed by atoms with E-state index < -0.39 is 0 Å². The molecule has 0 heterocycles. The lowest BCUT2D eigenvalue weighted by molar-refractivity contribution is -0.143. The Bertz CT molecular complexity index is 954. The molecule has 0 atom stereocenters. The normalized spacial score (nSPS) is 11.4. The Morgan fingerprint density at radius 2 is 1.39 bits per heavy atom. The van der Waals surface area contributed by atoms with Gasteiger partial charge in [0.2, 0.25) is 0 Å². The summed E-state index contributed by atoms with van der Waals surface area (Å²) in [6, 6.07) is 5.52. The van der Waals surface area contributed by atoms with Crippen molar-refractivity contribution in [1.82, 2.24) is 0 Å². The summed E-state index contributed by atoms with van der Waals surface area (Å²) in [5.41, 5.74) is 1.34. The van der Waals surface area contributed by atoms with Crippen LogP contribution in [0.5, 0.6) is 23.0 Å². The highest BCUT2D eigenvalue weighted by molar-refractivity contribution is 6.12. The topological polar surface area (TPSA) is 75.6 Å². The molecule has 0 radical (unpaired) electrons. The smallest absolute Gasteiger partial charge is 0.335 e. The van der Waals surface area contributed by atoms with Crippen molar-refractivity contribution < 1.29 is 28.6 Å². The average molecular weight is 460 g/mol. The summed E-state index contributed by atoms with van der Waals surface area (Å²) < 4.78 is 22.8. The summed E-state index contributed by atoms with van der Waals surface area (Å²) in [4.78, 5) is 17.3. The molecule has 0 aromatic heterocycles. The van der Waals surface area contributed by atoms with E-state index in [2.05, 4.69) is 12.1 Å². The first-order valence-electron chi connectivity index (χ1n) is 11.6. The predicted octanol–water partition coefficient (Wildman–Crippen LogP) is 6.28. The highest BCUT2D eigenvalue weighted by Crippen LogP contribution is 2.46. The SMILES string of the molecule is CCCCCCCC(=NOC(=O)CCC)c1cc(OC)c2c(OC)ccc(OC)c2c1OC. The summed E-state index contributed by atoms with van der Waals surface area (Å²) in [7, 11) is 6.42. The molecule has 0 unspecified atom stereocenters. The van der Waals surface area contributed by atoms with Crippen molar-refractivity contribution in [2.75, 3.05) is 28.4 Å². The first kappa shape index (κ1) is 26.3. The van der Waals surface area contributed by atoms with E-state index in [-0.39, 0.29) is 5.97 Å². The van der Waals surface area contributed by atoms with Crippen LogP contribution in [-0.4, -0.2) is 40.1 Å². The van der Waals surface area contributed by atoms with Crippen LogP contribution in [-0.2, 0) is 9.63 Å². The maximum absolute atomic E-state index is 12.0. The molecule has 7 heteroatoms. The van der Waals surface area contributed by atoms with Crippen LogP contribution >= 0.6 is 0 Å². The number of carbonyl (C=O) groups is 1. The summed E-state index contributed by atoms with van der Waals surface area (Å²) in [5, 5.41) is 5.73. The van der Waals surface area contributed by atoms with Crippen molar-refractivity contribution in [2.24, 2.45) is 5.16 Å². The van der Waals surface area contributed by atoms with Crippen molar-refractivity contribution in [2.45, 2.75) is 65.2 Å². The molecule has 2 aromatic rings. The molecule has 2 aromatic carbocycles. The number of unbranched alkanes of at least 4 members (excludes halogenated alkanes) is 4. The summed E-state index contributed by atoms with van der Waals surface area (Å²) >= 11 is 0. The van der Waals surface area contributed by atoms with Crippen LogP contribution in [0.25, 0.3) is 10.8 Å². The Kier molecular flexibility index (Phi) is 10.8. The first-order valence-corrected chi connectivity index (χ1v) is 11.6. The average Bonchev–Trinajstić information content (AvgIpc) is 2.84. The number of fused-ring (bicyclic) bond motifs is 1. The minimum atomic E-state index is -0.355. The second-order valence-electron chi connectivity index (χ2n) is 7.80. The Morgan fingerprint density at radius 3 is 1.97 bits per heavy atom. The van der Waals surface area contributed by atoms with Gasteiger partial charge >= 0.3 is 5.97 Å². The number of carbonyl (C=O) groups excluding carboxylic acids is 1. The monoisotopic (exact) mass is 459 g/mol. The van der Waals surface area contributed by atoms with E-state index in [4.69, 9.17) is 23.8 Å². The molecule has 0 N–H and O–H groups in total. The van der Waals surface area contributed by atoms with E-state index in [1.807, 2.05) is 25.1 Å². The number of methoxy groups -OCH3 is 4. The van der Waals surface area contributed by atoms with Gasteiger partial charge < -0.3 is 23.8 Å². The molecule has 0 aliphatic heterocycles. The molecule has 0 fully saturated rings. The van der Waals surface area contributed by atoms with Gasteiger partial charge in [0, 0.05) is 12.0 Å². The third-order valence-corrected chi connectivity index (χ3v) is 5.53. The maximum Gasteiger partial charge on any atom is 0.335 e. The van der Waals surface area contributed by atoms with Gasteiger partial charge in [-0.05, 0) is 37.5 Å². The third-order valence-electron chi connectivity index (χ3n) is 5.53. The van der Waals surface area contributed by atoms with Crippen LogP contribution in [0.4, 0.5) is 0 Å². The van der Waals surface area contributed by atoms with Gasteiger partial charge in [0.1, 0.15) is 23.0 Å². The van der Waals surface area contributed by atoms with Crippen LogP contribution in [0.3, 0.4) is 0 Å². The molecule has 0 amide bonds. The van der Waals surface area contributed by atoms with Crippen molar-refractivity contribution in [3.63, 3.8) is 0 Å². The minimum Gasteiger partial charge on any atom is -0.496 e. The zero-order valence-electron chi connectivity index (χ0n) is 20.8. The molecule has 0 aliphatic rings. The molecule has 0 saturated heterocycles. The molecule has 0 saturated carbocycles. The summed E-state index contributed by atoms with van der Waals surface area (Å²) in [5.74, 6) is 2.07. The molecule has 0 bridgehead atoms. The fraction of sp³-hybridized carbons (Fsp3) is 0.538. The molecular weight excluding hydrogens is 422 g/mol. The Morgan fingerprint density at radius 1 is 0.758 bits per heavy atom. The zero-order chi connectivity index (χ0) is 24.2. The number of hydrogen-bond acceptors (Lipinski definition) is 7.